The zero-order chi connectivity index (χ0) is 21.3. The van der Waals surface area contributed by atoms with Crippen molar-refractivity contribution in [3.05, 3.63) is 63.8 Å². The zero-order valence-electron chi connectivity index (χ0n) is 17.3. The van der Waals surface area contributed by atoms with E-state index in [-0.39, 0.29) is 16.7 Å². The van der Waals surface area contributed by atoms with Gasteiger partial charge in [0, 0.05) is 24.2 Å². The third-order valence-corrected chi connectivity index (χ3v) is 7.72. The van der Waals surface area contributed by atoms with Crippen LogP contribution in [0.3, 0.4) is 0 Å². The highest BCUT2D eigenvalue weighted by Crippen LogP contribution is 2.35. The number of fused-ring (bicyclic) bond motifs is 3. The number of para-hydroxylation sites is 1. The van der Waals surface area contributed by atoms with E-state index >= 15 is 0 Å². The number of amides is 1. The summed E-state index contributed by atoms with van der Waals surface area (Å²) in [6, 6.07) is 9.56. The fraction of sp³-hybridized carbons (Fsp3) is 0.348. The van der Waals surface area contributed by atoms with Crippen LogP contribution >= 0.6 is 23.1 Å². The van der Waals surface area contributed by atoms with Crippen molar-refractivity contribution in [3.8, 4) is 0 Å². The topological polar surface area (TPSA) is 55.2 Å². The van der Waals surface area contributed by atoms with Crippen LogP contribution in [-0.2, 0) is 24.2 Å². The first-order valence-electron chi connectivity index (χ1n) is 10.2. The van der Waals surface area contributed by atoms with Gasteiger partial charge in [0.1, 0.15) is 4.83 Å². The molecule has 1 aromatic carbocycles. The summed E-state index contributed by atoms with van der Waals surface area (Å²) in [4.78, 5) is 34.9. The first-order valence-corrected chi connectivity index (χ1v) is 11.9. The number of anilines is 1. The average Bonchev–Trinajstić information content (AvgIpc) is 3.14. The van der Waals surface area contributed by atoms with Gasteiger partial charge in [0.15, 0.2) is 5.16 Å². The lowest BCUT2D eigenvalue weighted by Gasteiger charge is -2.21. The quantitative estimate of drug-likeness (QED) is 0.318. The van der Waals surface area contributed by atoms with Crippen molar-refractivity contribution in [2.75, 3.05) is 11.9 Å². The Morgan fingerprint density at radius 2 is 2.07 bits per heavy atom. The monoisotopic (exact) mass is 439 g/mol. The number of hydrogen-bond donors (Lipinski definition) is 0. The minimum Gasteiger partial charge on any atom is -0.315 e. The van der Waals surface area contributed by atoms with Crippen LogP contribution in [0.25, 0.3) is 10.2 Å². The molecule has 0 aliphatic heterocycles. The minimum atomic E-state index is -0.384. The van der Waals surface area contributed by atoms with E-state index in [4.69, 9.17) is 4.98 Å². The number of benzene rings is 1. The lowest BCUT2D eigenvalue weighted by molar-refractivity contribution is -0.117. The van der Waals surface area contributed by atoms with Crippen LogP contribution in [0.2, 0.25) is 0 Å². The second kappa shape index (κ2) is 8.78. The molecule has 7 heteroatoms. The minimum absolute atomic E-state index is 0.0159. The van der Waals surface area contributed by atoms with Crippen molar-refractivity contribution < 1.29 is 4.79 Å². The van der Waals surface area contributed by atoms with Crippen LogP contribution in [0.4, 0.5) is 5.69 Å². The van der Waals surface area contributed by atoms with Gasteiger partial charge < -0.3 is 4.90 Å². The molecule has 0 bridgehead atoms. The Balaban J connectivity index is 1.69. The van der Waals surface area contributed by atoms with Crippen molar-refractivity contribution >= 4 is 44.9 Å². The Kier molecular flexibility index (Phi) is 6.11. The molecule has 3 aromatic rings. The molecule has 0 saturated carbocycles. The van der Waals surface area contributed by atoms with Crippen LogP contribution in [-0.4, -0.2) is 27.8 Å². The second-order valence-electron chi connectivity index (χ2n) is 7.48. The molecule has 156 valence electrons. The highest BCUT2D eigenvalue weighted by Gasteiger charge is 2.25. The number of aromatic nitrogens is 2. The van der Waals surface area contributed by atoms with Gasteiger partial charge in [0.25, 0.3) is 5.56 Å². The van der Waals surface area contributed by atoms with Gasteiger partial charge in [-0.15, -0.1) is 17.9 Å². The molecule has 1 unspecified atom stereocenters. The molecule has 1 aliphatic carbocycles. The lowest BCUT2D eigenvalue weighted by Crippen LogP contribution is -2.34. The van der Waals surface area contributed by atoms with Gasteiger partial charge in [-0.25, -0.2) is 4.98 Å². The Morgan fingerprint density at radius 3 is 2.80 bits per heavy atom. The van der Waals surface area contributed by atoms with Crippen molar-refractivity contribution in [3.63, 3.8) is 0 Å². The average molecular weight is 440 g/mol. The van der Waals surface area contributed by atoms with Crippen LogP contribution < -0.4 is 10.5 Å². The highest BCUT2D eigenvalue weighted by atomic mass is 32.2. The number of rotatable bonds is 6. The molecule has 0 spiro atoms. The fourth-order valence-electron chi connectivity index (χ4n) is 3.86. The number of thiophene rings is 1. The smallest absolute Gasteiger partial charge is 0.263 e. The van der Waals surface area contributed by atoms with E-state index in [9.17, 15) is 9.59 Å². The summed E-state index contributed by atoms with van der Waals surface area (Å²) in [6.45, 7) is 6.05. The molecular weight excluding hydrogens is 414 g/mol. The molecule has 2 heterocycles. The number of allylic oxidation sites excluding steroid dienone is 1. The first-order chi connectivity index (χ1) is 14.5. The zero-order valence-corrected chi connectivity index (χ0v) is 18.9. The van der Waals surface area contributed by atoms with Gasteiger partial charge in [-0.1, -0.05) is 36.0 Å². The van der Waals surface area contributed by atoms with Gasteiger partial charge in [-0.05, 0) is 50.3 Å². The van der Waals surface area contributed by atoms with Crippen LogP contribution in [0.15, 0.2) is 52.9 Å². The lowest BCUT2D eigenvalue weighted by atomic mass is 9.97. The van der Waals surface area contributed by atoms with E-state index in [1.807, 2.05) is 37.3 Å². The van der Waals surface area contributed by atoms with Crippen molar-refractivity contribution in [1.82, 2.24) is 9.55 Å². The maximum atomic E-state index is 13.4. The second-order valence-corrected chi connectivity index (χ2v) is 9.87. The Bertz CT molecular complexity index is 1150. The Labute approximate surface area is 184 Å². The predicted octanol–water partition coefficient (Wildman–Crippen LogP) is 4.67. The molecule has 0 N–H and O–H groups in total. The molecule has 1 amide bonds. The largest absolute Gasteiger partial charge is 0.315 e. The van der Waals surface area contributed by atoms with E-state index in [0.29, 0.717) is 11.7 Å². The van der Waals surface area contributed by atoms with Crippen LogP contribution in [0.1, 0.15) is 30.2 Å². The SMILES string of the molecule is C=CCn1c(SC(C)C(=O)N(C)c2ccccc2)nc2sc3c(c2c1=O)CCCC3. The number of carbonyl (C=O) groups is 1. The number of aryl methyl sites for hydroxylation is 2. The van der Waals surface area contributed by atoms with E-state index in [1.165, 1.54) is 28.6 Å². The molecule has 0 fully saturated rings. The maximum absolute atomic E-state index is 13.4. The number of hydrogen-bond acceptors (Lipinski definition) is 5. The first kappa shape index (κ1) is 20.9. The summed E-state index contributed by atoms with van der Waals surface area (Å²) in [5.74, 6) is -0.0313. The van der Waals surface area contributed by atoms with E-state index in [1.54, 1.807) is 33.9 Å². The van der Waals surface area contributed by atoms with Crippen molar-refractivity contribution in [2.45, 2.75) is 49.6 Å². The summed E-state index contributed by atoms with van der Waals surface area (Å²) < 4.78 is 1.66. The summed E-state index contributed by atoms with van der Waals surface area (Å²) in [6.07, 6.45) is 5.97. The molecule has 5 nitrogen and oxygen atoms in total. The molecular formula is C23H25N3O2S2. The molecule has 0 radical (unpaired) electrons. The summed E-state index contributed by atoms with van der Waals surface area (Å²) in [5.41, 5.74) is 2.01. The predicted molar refractivity (Wildman–Crippen MR) is 126 cm³/mol. The third-order valence-electron chi connectivity index (χ3n) is 5.46. The number of nitrogens with zero attached hydrogens (tertiary/aromatic N) is 3. The van der Waals surface area contributed by atoms with Gasteiger partial charge in [0.2, 0.25) is 5.91 Å². The Morgan fingerprint density at radius 1 is 1.33 bits per heavy atom. The number of carbonyl (C=O) groups excluding carboxylic acids is 1. The van der Waals surface area contributed by atoms with Crippen molar-refractivity contribution in [1.29, 1.82) is 0 Å². The molecule has 2 aromatic heterocycles. The van der Waals surface area contributed by atoms with Gasteiger partial charge >= 0.3 is 0 Å². The van der Waals surface area contributed by atoms with Gasteiger partial charge in [0.05, 0.1) is 10.6 Å². The van der Waals surface area contributed by atoms with Crippen LogP contribution in [0.5, 0.6) is 0 Å². The van der Waals surface area contributed by atoms with Gasteiger partial charge in [-0.3, -0.25) is 14.2 Å². The standard InChI is InChI=1S/C23H25N3O2S2/c1-4-14-26-22(28)19-17-12-8-9-13-18(17)30-20(19)24-23(26)29-15(2)21(27)25(3)16-10-6-5-7-11-16/h4-7,10-11,15H,1,8-9,12-14H2,2-3H3. The fourth-order valence-corrected chi connectivity index (χ4v) is 6.17. The van der Waals surface area contributed by atoms with E-state index in [2.05, 4.69) is 6.58 Å². The summed E-state index contributed by atoms with van der Waals surface area (Å²) in [7, 11) is 1.77. The summed E-state index contributed by atoms with van der Waals surface area (Å²) in [5, 5.41) is 0.958. The molecule has 4 rings (SSSR count). The molecule has 30 heavy (non-hydrogen) atoms. The maximum Gasteiger partial charge on any atom is 0.263 e. The Hall–Kier alpha value is -2.38. The molecule has 0 saturated heterocycles. The van der Waals surface area contributed by atoms with Crippen LogP contribution in [0, 0.1) is 0 Å². The highest BCUT2D eigenvalue weighted by molar-refractivity contribution is 8.00. The normalized spacial score (nSPS) is 14.3. The molecule has 1 aliphatic rings. The number of thioether (sulfide) groups is 1. The molecule has 1 atom stereocenters. The summed E-state index contributed by atoms with van der Waals surface area (Å²) >= 11 is 2.97. The van der Waals surface area contributed by atoms with E-state index in [0.717, 1.165) is 35.2 Å². The van der Waals surface area contributed by atoms with Crippen molar-refractivity contribution in [2.24, 2.45) is 0 Å². The van der Waals surface area contributed by atoms with E-state index < -0.39 is 0 Å². The van der Waals surface area contributed by atoms with Gasteiger partial charge in [-0.2, -0.15) is 0 Å². The third kappa shape index (κ3) is 3.84.